The standard InChI is InChI=1S/C9H16O5/c1-9(8(13)14,6-7(11)12)4-2-3-5-10/h10H,2-6H2,1H3,(H,11,12)(H,13,14)/p-2. The van der Waals surface area contributed by atoms with Crippen LogP contribution in [0.3, 0.4) is 0 Å². The molecule has 0 radical (unpaired) electrons. The summed E-state index contributed by atoms with van der Waals surface area (Å²) in [4.78, 5) is 21.0. The van der Waals surface area contributed by atoms with E-state index in [1.54, 1.807) is 0 Å². The Morgan fingerprint density at radius 2 is 1.86 bits per heavy atom. The van der Waals surface area contributed by atoms with E-state index in [2.05, 4.69) is 0 Å². The Bertz CT molecular complexity index is 213. The lowest BCUT2D eigenvalue weighted by Crippen LogP contribution is -2.44. The highest BCUT2D eigenvalue weighted by atomic mass is 16.4. The van der Waals surface area contributed by atoms with Gasteiger partial charge in [-0.2, -0.15) is 0 Å². The van der Waals surface area contributed by atoms with Crippen LogP contribution in [-0.2, 0) is 9.59 Å². The SMILES string of the molecule is CC(CCCCO)(CC(=O)[O-])C(=O)[O-]. The van der Waals surface area contributed by atoms with Gasteiger partial charge in [0.15, 0.2) is 0 Å². The van der Waals surface area contributed by atoms with Gasteiger partial charge in [-0.1, -0.05) is 13.3 Å². The van der Waals surface area contributed by atoms with Crippen LogP contribution >= 0.6 is 0 Å². The molecule has 0 rings (SSSR count). The Morgan fingerprint density at radius 3 is 2.21 bits per heavy atom. The molecule has 5 nitrogen and oxygen atoms in total. The fraction of sp³-hybridized carbons (Fsp3) is 0.778. The Balaban J connectivity index is 4.24. The van der Waals surface area contributed by atoms with Crippen molar-refractivity contribution in [3.05, 3.63) is 0 Å². The van der Waals surface area contributed by atoms with E-state index in [4.69, 9.17) is 5.11 Å². The van der Waals surface area contributed by atoms with Crippen LogP contribution in [0.5, 0.6) is 0 Å². The summed E-state index contributed by atoms with van der Waals surface area (Å²) in [6.07, 6.45) is 0.523. The van der Waals surface area contributed by atoms with E-state index in [0.29, 0.717) is 12.8 Å². The van der Waals surface area contributed by atoms with Gasteiger partial charge in [0.05, 0.1) is 0 Å². The average molecular weight is 202 g/mol. The number of carboxylic acid groups (broad SMARTS) is 2. The van der Waals surface area contributed by atoms with Gasteiger partial charge in [-0.05, 0) is 19.3 Å². The highest BCUT2D eigenvalue weighted by Crippen LogP contribution is 2.27. The fourth-order valence-corrected chi connectivity index (χ4v) is 1.21. The number of carbonyl (C=O) groups excluding carboxylic acids is 2. The average Bonchev–Trinajstić information content (AvgIpc) is 2.03. The van der Waals surface area contributed by atoms with Gasteiger partial charge >= 0.3 is 0 Å². The molecule has 0 bridgehead atoms. The maximum atomic E-state index is 10.7. The summed E-state index contributed by atoms with van der Waals surface area (Å²) in [5.74, 6) is -2.79. The van der Waals surface area contributed by atoms with Crippen molar-refractivity contribution in [1.82, 2.24) is 0 Å². The molecule has 5 heteroatoms. The Kier molecular flexibility index (Phi) is 5.15. The number of carboxylic acids is 2. The summed E-state index contributed by atoms with van der Waals surface area (Å²) in [7, 11) is 0. The Labute approximate surface area is 82.4 Å². The molecule has 0 aliphatic heterocycles. The van der Waals surface area contributed by atoms with Crippen LogP contribution in [-0.4, -0.2) is 23.7 Å². The maximum absolute atomic E-state index is 10.7. The van der Waals surface area contributed by atoms with E-state index in [9.17, 15) is 19.8 Å². The van der Waals surface area contributed by atoms with Gasteiger partial charge in [0.2, 0.25) is 0 Å². The summed E-state index contributed by atoms with van der Waals surface area (Å²) in [5, 5.41) is 29.5. The first-order valence-electron chi connectivity index (χ1n) is 4.44. The number of aliphatic carboxylic acids is 2. The number of aliphatic hydroxyl groups is 1. The third-order valence-corrected chi connectivity index (χ3v) is 2.16. The van der Waals surface area contributed by atoms with Crippen molar-refractivity contribution in [3.63, 3.8) is 0 Å². The molecule has 82 valence electrons. The molecule has 0 aromatic carbocycles. The van der Waals surface area contributed by atoms with Gasteiger partial charge in [0, 0.05) is 24.0 Å². The molecule has 0 aliphatic rings. The molecular formula is C9H14O5-2. The first kappa shape index (κ1) is 12.9. The minimum Gasteiger partial charge on any atom is -0.550 e. The van der Waals surface area contributed by atoms with Crippen LogP contribution in [0.15, 0.2) is 0 Å². The molecule has 0 fully saturated rings. The van der Waals surface area contributed by atoms with Crippen LogP contribution in [0.2, 0.25) is 0 Å². The normalized spacial score (nSPS) is 14.7. The summed E-state index contributed by atoms with van der Waals surface area (Å²) in [6.45, 7) is 1.28. The number of hydrogen-bond donors (Lipinski definition) is 1. The first-order chi connectivity index (χ1) is 6.42. The lowest BCUT2D eigenvalue weighted by atomic mass is 9.82. The molecule has 0 aromatic rings. The number of unbranched alkanes of at least 4 members (excludes halogenated alkanes) is 1. The highest BCUT2D eigenvalue weighted by Gasteiger charge is 2.25. The van der Waals surface area contributed by atoms with Crippen LogP contribution < -0.4 is 10.2 Å². The lowest BCUT2D eigenvalue weighted by Gasteiger charge is -2.31. The summed E-state index contributed by atoms with van der Waals surface area (Å²) >= 11 is 0. The lowest BCUT2D eigenvalue weighted by molar-refractivity contribution is -0.328. The van der Waals surface area contributed by atoms with Crippen LogP contribution in [0.1, 0.15) is 32.6 Å². The third-order valence-electron chi connectivity index (χ3n) is 2.16. The highest BCUT2D eigenvalue weighted by molar-refractivity contribution is 5.78. The van der Waals surface area contributed by atoms with E-state index in [-0.39, 0.29) is 13.0 Å². The van der Waals surface area contributed by atoms with Gasteiger partial charge in [-0.25, -0.2) is 0 Å². The van der Waals surface area contributed by atoms with Crippen molar-refractivity contribution in [2.45, 2.75) is 32.6 Å². The minimum absolute atomic E-state index is 0.0333. The van der Waals surface area contributed by atoms with Crippen molar-refractivity contribution in [1.29, 1.82) is 0 Å². The molecule has 0 saturated carbocycles. The predicted octanol–water partition coefficient (Wildman–Crippen LogP) is -1.95. The zero-order chi connectivity index (χ0) is 11.2. The molecule has 1 unspecified atom stereocenters. The molecule has 0 heterocycles. The largest absolute Gasteiger partial charge is 0.550 e. The molecule has 0 aromatic heterocycles. The van der Waals surface area contributed by atoms with Crippen molar-refractivity contribution < 1.29 is 24.9 Å². The van der Waals surface area contributed by atoms with Crippen molar-refractivity contribution >= 4 is 11.9 Å². The predicted molar refractivity (Wildman–Crippen MR) is 43.7 cm³/mol. The summed E-state index contributed by atoms with van der Waals surface area (Å²) in [5.41, 5.74) is -1.39. The van der Waals surface area contributed by atoms with Gasteiger partial charge in [0.25, 0.3) is 0 Å². The molecule has 0 aliphatic carbocycles. The summed E-state index contributed by atoms with van der Waals surface area (Å²) in [6, 6.07) is 0. The van der Waals surface area contributed by atoms with Crippen molar-refractivity contribution in [2.75, 3.05) is 6.61 Å². The second kappa shape index (κ2) is 5.59. The van der Waals surface area contributed by atoms with Gasteiger partial charge in [0.1, 0.15) is 0 Å². The molecule has 1 atom stereocenters. The number of hydrogen-bond acceptors (Lipinski definition) is 5. The smallest absolute Gasteiger partial charge is 0.0477 e. The quantitative estimate of drug-likeness (QED) is 0.483. The Hall–Kier alpha value is -1.10. The summed E-state index contributed by atoms with van der Waals surface area (Å²) < 4.78 is 0. The maximum Gasteiger partial charge on any atom is 0.0477 e. The van der Waals surface area contributed by atoms with Crippen molar-refractivity contribution in [3.8, 4) is 0 Å². The van der Waals surface area contributed by atoms with E-state index < -0.39 is 23.8 Å². The topological polar surface area (TPSA) is 100 Å². The zero-order valence-electron chi connectivity index (χ0n) is 8.12. The van der Waals surface area contributed by atoms with E-state index in [0.717, 1.165) is 0 Å². The molecular weight excluding hydrogens is 188 g/mol. The van der Waals surface area contributed by atoms with Gasteiger partial charge in [-0.15, -0.1) is 0 Å². The second-order valence-corrected chi connectivity index (χ2v) is 3.58. The van der Waals surface area contributed by atoms with E-state index in [1.807, 2.05) is 0 Å². The molecule has 0 amide bonds. The second-order valence-electron chi connectivity index (χ2n) is 3.58. The molecule has 1 N–H and O–H groups in total. The van der Waals surface area contributed by atoms with E-state index >= 15 is 0 Å². The fourth-order valence-electron chi connectivity index (χ4n) is 1.21. The Morgan fingerprint density at radius 1 is 1.29 bits per heavy atom. The first-order valence-corrected chi connectivity index (χ1v) is 4.44. The van der Waals surface area contributed by atoms with E-state index in [1.165, 1.54) is 6.92 Å². The molecule has 0 spiro atoms. The number of rotatable bonds is 7. The molecule has 14 heavy (non-hydrogen) atoms. The van der Waals surface area contributed by atoms with Crippen LogP contribution in [0.25, 0.3) is 0 Å². The van der Waals surface area contributed by atoms with Gasteiger partial charge in [-0.3, -0.25) is 0 Å². The monoisotopic (exact) mass is 202 g/mol. The number of aliphatic hydroxyl groups excluding tert-OH is 1. The van der Waals surface area contributed by atoms with Crippen LogP contribution in [0.4, 0.5) is 0 Å². The van der Waals surface area contributed by atoms with Gasteiger partial charge < -0.3 is 24.9 Å². The number of carbonyl (C=O) groups is 2. The molecule has 0 saturated heterocycles. The zero-order valence-corrected chi connectivity index (χ0v) is 8.12. The third kappa shape index (κ3) is 4.23. The van der Waals surface area contributed by atoms with Crippen molar-refractivity contribution in [2.24, 2.45) is 5.41 Å². The minimum atomic E-state index is -1.40. The van der Waals surface area contributed by atoms with Crippen LogP contribution in [0, 0.1) is 5.41 Å².